The van der Waals surface area contributed by atoms with Crippen LogP contribution in [0.1, 0.15) is 45.4 Å². The van der Waals surface area contributed by atoms with E-state index >= 15 is 0 Å². The molecule has 9 heteroatoms. The van der Waals surface area contributed by atoms with Crippen molar-refractivity contribution in [1.82, 2.24) is 15.8 Å². The van der Waals surface area contributed by atoms with E-state index in [0.29, 0.717) is 17.9 Å². The van der Waals surface area contributed by atoms with Gasteiger partial charge in [-0.15, -0.1) is 0 Å². The Balaban J connectivity index is 1.58. The SMILES string of the molecule is CCS(=O)(=O)c1ccc(NC2NN(C3(CC#N)CCCC3)C3CCNC(=O)C23)cc1. The van der Waals surface area contributed by atoms with Gasteiger partial charge in [-0.1, -0.05) is 19.8 Å². The van der Waals surface area contributed by atoms with Gasteiger partial charge in [0.2, 0.25) is 5.91 Å². The fraction of sp³-hybridized carbons (Fsp3) is 0.619. The summed E-state index contributed by atoms with van der Waals surface area (Å²) < 4.78 is 24.1. The maximum atomic E-state index is 12.8. The predicted molar refractivity (Wildman–Crippen MR) is 113 cm³/mol. The third-order valence-corrected chi connectivity index (χ3v) is 8.55. The van der Waals surface area contributed by atoms with Crippen molar-refractivity contribution >= 4 is 21.4 Å². The summed E-state index contributed by atoms with van der Waals surface area (Å²) in [6.07, 6.45) is 5.05. The second kappa shape index (κ2) is 8.17. The lowest BCUT2D eigenvalue weighted by Gasteiger charge is -2.42. The Morgan fingerprint density at radius 1 is 1.27 bits per heavy atom. The summed E-state index contributed by atoms with van der Waals surface area (Å²) in [5.41, 5.74) is 4.05. The van der Waals surface area contributed by atoms with Crippen molar-refractivity contribution in [2.24, 2.45) is 5.92 Å². The van der Waals surface area contributed by atoms with Gasteiger partial charge >= 0.3 is 0 Å². The monoisotopic (exact) mass is 431 g/mol. The van der Waals surface area contributed by atoms with Crippen LogP contribution < -0.4 is 16.1 Å². The molecule has 3 N–H and O–H groups in total. The number of nitrogens with one attached hydrogen (secondary N) is 3. The largest absolute Gasteiger partial charge is 0.368 e. The van der Waals surface area contributed by atoms with Crippen LogP contribution in [0.2, 0.25) is 0 Å². The normalized spacial score (nSPS) is 28.5. The van der Waals surface area contributed by atoms with Crippen LogP contribution in [0, 0.1) is 17.2 Å². The van der Waals surface area contributed by atoms with E-state index in [1.54, 1.807) is 31.2 Å². The topological polar surface area (TPSA) is 114 Å². The molecule has 4 rings (SSSR count). The maximum Gasteiger partial charge on any atom is 0.228 e. The summed E-state index contributed by atoms with van der Waals surface area (Å²) in [5, 5.41) is 18.0. The van der Waals surface area contributed by atoms with Crippen molar-refractivity contribution < 1.29 is 13.2 Å². The number of hydrazine groups is 1. The molecule has 8 nitrogen and oxygen atoms in total. The van der Waals surface area contributed by atoms with Gasteiger partial charge in [-0.2, -0.15) is 5.26 Å². The molecule has 0 bridgehead atoms. The third kappa shape index (κ3) is 3.68. The average molecular weight is 432 g/mol. The predicted octanol–water partition coefficient (Wildman–Crippen LogP) is 1.77. The third-order valence-electron chi connectivity index (χ3n) is 6.79. The molecule has 2 aliphatic heterocycles. The maximum absolute atomic E-state index is 12.8. The molecule has 3 fully saturated rings. The van der Waals surface area contributed by atoms with Gasteiger partial charge in [0.15, 0.2) is 9.84 Å². The summed E-state index contributed by atoms with van der Waals surface area (Å²) in [4.78, 5) is 13.1. The first kappa shape index (κ1) is 21.1. The van der Waals surface area contributed by atoms with E-state index in [-0.39, 0.29) is 35.3 Å². The van der Waals surface area contributed by atoms with Crippen LogP contribution in [0.15, 0.2) is 29.2 Å². The molecule has 0 radical (unpaired) electrons. The van der Waals surface area contributed by atoms with Crippen LogP contribution in [-0.4, -0.2) is 49.4 Å². The Morgan fingerprint density at radius 2 is 1.97 bits per heavy atom. The van der Waals surface area contributed by atoms with E-state index in [2.05, 4.69) is 27.1 Å². The van der Waals surface area contributed by atoms with Gasteiger partial charge in [0.25, 0.3) is 0 Å². The van der Waals surface area contributed by atoms with Crippen molar-refractivity contribution in [2.45, 2.75) is 68.1 Å². The number of nitriles is 1. The van der Waals surface area contributed by atoms with Crippen LogP contribution in [0.25, 0.3) is 0 Å². The number of sulfone groups is 1. The quantitative estimate of drug-likeness (QED) is 0.629. The summed E-state index contributed by atoms with van der Waals surface area (Å²) >= 11 is 0. The van der Waals surface area contributed by atoms with Crippen molar-refractivity contribution in [3.63, 3.8) is 0 Å². The van der Waals surface area contributed by atoms with E-state index in [1.165, 1.54) is 0 Å². The van der Waals surface area contributed by atoms with E-state index in [9.17, 15) is 18.5 Å². The molecular formula is C21H29N5O3S. The number of hydrogen-bond acceptors (Lipinski definition) is 7. The molecule has 1 aliphatic carbocycles. The summed E-state index contributed by atoms with van der Waals surface area (Å²) in [6, 6.07) is 9.07. The summed E-state index contributed by atoms with van der Waals surface area (Å²) in [7, 11) is -3.25. The van der Waals surface area contributed by atoms with Gasteiger partial charge in [-0.25, -0.2) is 18.9 Å². The zero-order chi connectivity index (χ0) is 21.4. The molecule has 2 saturated heterocycles. The van der Waals surface area contributed by atoms with E-state index in [1.807, 2.05) is 0 Å². The van der Waals surface area contributed by atoms with E-state index in [0.717, 1.165) is 37.8 Å². The first-order valence-electron chi connectivity index (χ1n) is 10.7. The minimum Gasteiger partial charge on any atom is -0.368 e. The fourth-order valence-electron chi connectivity index (χ4n) is 5.20. The highest BCUT2D eigenvalue weighted by molar-refractivity contribution is 7.91. The first-order valence-corrected chi connectivity index (χ1v) is 12.3. The van der Waals surface area contributed by atoms with Crippen molar-refractivity contribution in [3.05, 3.63) is 24.3 Å². The van der Waals surface area contributed by atoms with Gasteiger partial charge in [-0.05, 0) is 43.5 Å². The number of amides is 1. The van der Waals surface area contributed by atoms with Crippen LogP contribution >= 0.6 is 0 Å². The van der Waals surface area contributed by atoms with Crippen LogP contribution in [-0.2, 0) is 14.6 Å². The molecule has 3 unspecified atom stereocenters. The van der Waals surface area contributed by atoms with Crippen LogP contribution in [0.5, 0.6) is 0 Å². The highest BCUT2D eigenvalue weighted by Gasteiger charge is 2.54. The van der Waals surface area contributed by atoms with Gasteiger partial charge in [0.1, 0.15) is 6.17 Å². The van der Waals surface area contributed by atoms with Crippen LogP contribution in [0.4, 0.5) is 5.69 Å². The Kier molecular flexibility index (Phi) is 5.75. The van der Waals surface area contributed by atoms with E-state index < -0.39 is 9.84 Å². The lowest BCUT2D eigenvalue weighted by molar-refractivity contribution is -0.128. The Morgan fingerprint density at radius 3 is 2.60 bits per heavy atom. The molecule has 3 aliphatic rings. The number of carbonyl (C=O) groups excluding carboxylic acids is 1. The molecule has 30 heavy (non-hydrogen) atoms. The van der Waals surface area contributed by atoms with Gasteiger partial charge in [-0.3, -0.25) is 4.79 Å². The van der Waals surface area contributed by atoms with Crippen LogP contribution in [0.3, 0.4) is 0 Å². The second-order valence-electron chi connectivity index (χ2n) is 8.49. The zero-order valence-corrected chi connectivity index (χ0v) is 18.0. The number of piperidine rings is 1. The van der Waals surface area contributed by atoms with Crippen molar-refractivity contribution in [1.29, 1.82) is 5.26 Å². The number of carbonyl (C=O) groups is 1. The Hall–Kier alpha value is -2.15. The average Bonchev–Trinajstić information content (AvgIpc) is 3.35. The fourth-order valence-corrected chi connectivity index (χ4v) is 6.09. The lowest BCUT2D eigenvalue weighted by Crippen LogP contribution is -2.57. The molecule has 1 aromatic rings. The summed E-state index contributed by atoms with van der Waals surface area (Å²) in [5.74, 6) is -0.216. The molecule has 2 heterocycles. The highest BCUT2D eigenvalue weighted by Crippen LogP contribution is 2.43. The smallest absolute Gasteiger partial charge is 0.228 e. The minimum absolute atomic E-state index is 0.00837. The Bertz CT molecular complexity index is 934. The van der Waals surface area contributed by atoms with Gasteiger partial charge in [0, 0.05) is 23.8 Å². The molecule has 0 spiro atoms. The van der Waals surface area contributed by atoms with Crippen molar-refractivity contribution in [3.8, 4) is 6.07 Å². The number of benzene rings is 1. The highest BCUT2D eigenvalue weighted by atomic mass is 32.2. The molecule has 1 aromatic carbocycles. The molecule has 162 valence electrons. The van der Waals surface area contributed by atoms with E-state index in [4.69, 9.17) is 0 Å². The Labute approximate surface area is 177 Å². The minimum atomic E-state index is -3.25. The number of fused-ring (bicyclic) bond motifs is 1. The summed E-state index contributed by atoms with van der Waals surface area (Å²) in [6.45, 7) is 2.26. The molecule has 1 saturated carbocycles. The molecule has 3 atom stereocenters. The van der Waals surface area contributed by atoms with Gasteiger partial charge in [0.05, 0.1) is 29.1 Å². The molecule has 0 aromatic heterocycles. The standard InChI is InChI=1S/C21H29N5O3S/c1-2-30(28,29)16-7-5-15(6-8-16)24-19-18-17(9-14-23-20(18)27)26(25-19)21(12-13-22)10-3-4-11-21/h5-8,17-19,24-25H,2-4,9-12,14H2,1H3,(H,23,27). The number of hydrogen-bond donors (Lipinski definition) is 3. The first-order chi connectivity index (χ1) is 14.4. The second-order valence-corrected chi connectivity index (χ2v) is 10.8. The zero-order valence-electron chi connectivity index (χ0n) is 17.2. The number of rotatable bonds is 6. The number of nitrogens with zero attached hydrogens (tertiary/aromatic N) is 2. The van der Waals surface area contributed by atoms with Gasteiger partial charge < -0.3 is 10.6 Å². The molecule has 1 amide bonds. The van der Waals surface area contributed by atoms with Crippen molar-refractivity contribution in [2.75, 3.05) is 17.6 Å². The molecular weight excluding hydrogens is 402 g/mol. The number of anilines is 1. The lowest BCUT2D eigenvalue weighted by atomic mass is 9.86.